The van der Waals surface area contributed by atoms with Crippen LogP contribution < -0.4 is 15.9 Å². The number of rotatable bonds is 0. The maximum atomic E-state index is 14.8. The van der Waals surface area contributed by atoms with Gasteiger partial charge in [0, 0.05) is 31.7 Å². The number of nitrogens with zero attached hydrogens (tertiary/aromatic N) is 5. The zero-order chi connectivity index (χ0) is 17.9. The molecule has 2 aromatic heterocycles. The molecule has 2 atom stereocenters. The number of hydrogen-bond acceptors (Lipinski definition) is 6. The minimum absolute atomic E-state index is 0.228. The van der Waals surface area contributed by atoms with E-state index in [4.69, 9.17) is 0 Å². The molecule has 0 saturated carbocycles. The highest BCUT2D eigenvalue weighted by molar-refractivity contribution is 14.1. The molecule has 2 aliphatic heterocycles. The van der Waals surface area contributed by atoms with E-state index >= 15 is 0 Å². The first-order valence-electron chi connectivity index (χ1n) is 8.38. The second-order valence-electron chi connectivity index (χ2n) is 6.89. The van der Waals surface area contributed by atoms with Gasteiger partial charge in [0.2, 0.25) is 0 Å². The molecule has 0 amide bonds. The summed E-state index contributed by atoms with van der Waals surface area (Å²) >= 11 is 1.88. The Labute approximate surface area is 158 Å². The van der Waals surface area contributed by atoms with Gasteiger partial charge in [0.05, 0.1) is 39.6 Å². The Morgan fingerprint density at radius 2 is 2.08 bits per heavy atom. The Bertz CT molecular complexity index is 916. The lowest BCUT2D eigenvalue weighted by Gasteiger charge is -2.45. The van der Waals surface area contributed by atoms with E-state index in [1.165, 1.54) is 2.78 Å². The van der Waals surface area contributed by atoms with Crippen LogP contribution in [-0.4, -0.2) is 56.4 Å². The highest BCUT2D eigenvalue weighted by Gasteiger charge is 2.34. The van der Waals surface area contributed by atoms with Crippen molar-refractivity contribution in [1.29, 1.82) is 0 Å². The number of aromatic nitrogens is 3. The fraction of sp³-hybridized carbons (Fsp3) is 0.562. The van der Waals surface area contributed by atoms with E-state index in [0.717, 1.165) is 19.5 Å². The van der Waals surface area contributed by atoms with E-state index < -0.39 is 0 Å². The number of halogens is 2. The van der Waals surface area contributed by atoms with Crippen LogP contribution in [0.25, 0.3) is 11.0 Å². The molecule has 1 fully saturated rings. The first kappa shape index (κ1) is 17.0. The molecule has 4 rings (SSSR count). The summed E-state index contributed by atoms with van der Waals surface area (Å²) in [5, 5.41) is 3.82. The number of hydrogen-bond donors (Lipinski definition) is 1. The summed E-state index contributed by atoms with van der Waals surface area (Å²) in [5.74, 6) is 0.178. The number of likely N-dealkylation sites (N-methyl/N-ethyl adjacent to an activating group) is 1. The van der Waals surface area contributed by atoms with E-state index in [0.29, 0.717) is 35.1 Å². The number of aryl methyl sites for hydroxylation is 1. The number of anilines is 2. The van der Waals surface area contributed by atoms with Crippen molar-refractivity contribution in [2.24, 2.45) is 0 Å². The van der Waals surface area contributed by atoms with Gasteiger partial charge in [-0.05, 0) is 27.3 Å². The third-order valence-electron chi connectivity index (χ3n) is 5.27. The zero-order valence-corrected chi connectivity index (χ0v) is 16.5. The predicted octanol–water partition coefficient (Wildman–Crippen LogP) is 1.76. The van der Waals surface area contributed by atoms with Crippen LogP contribution >= 0.6 is 22.9 Å². The Hall–Kier alpha value is -1.49. The topological polar surface area (TPSA) is 66.3 Å². The van der Waals surface area contributed by atoms with Gasteiger partial charge in [0.1, 0.15) is 5.82 Å². The molecule has 2 aliphatic rings. The molecule has 0 radical (unpaired) electrons. The normalized spacial score (nSPS) is 23.8. The summed E-state index contributed by atoms with van der Waals surface area (Å²) in [4.78, 5) is 25.6. The van der Waals surface area contributed by atoms with Crippen molar-refractivity contribution in [1.82, 2.24) is 17.6 Å². The van der Waals surface area contributed by atoms with Crippen molar-refractivity contribution in [2.75, 3.05) is 36.9 Å². The van der Waals surface area contributed by atoms with Crippen LogP contribution in [0.2, 0.25) is 0 Å². The maximum Gasteiger partial charge on any atom is 0.360 e. The van der Waals surface area contributed by atoms with Gasteiger partial charge in [-0.25, -0.2) is 16.9 Å². The van der Waals surface area contributed by atoms with Gasteiger partial charge in [-0.15, -0.1) is 0 Å². The molecule has 1 saturated heterocycles. The van der Waals surface area contributed by atoms with Gasteiger partial charge in [0.25, 0.3) is 0 Å². The molecule has 0 aromatic carbocycles. The highest BCUT2D eigenvalue weighted by atomic mass is 127. The molecule has 0 spiro atoms. The summed E-state index contributed by atoms with van der Waals surface area (Å²) in [6.45, 7) is 6.07. The van der Waals surface area contributed by atoms with Gasteiger partial charge in [0.15, 0.2) is 11.5 Å². The molecule has 1 N–H and O–H groups in total. The lowest BCUT2D eigenvalue weighted by Crippen LogP contribution is -2.57. The van der Waals surface area contributed by atoms with E-state index in [9.17, 15) is 9.18 Å². The molecule has 2 unspecified atom stereocenters. The molecular formula is C16H20FIN6O. The second-order valence-corrected chi connectivity index (χ2v) is 7.86. The third-order valence-corrected chi connectivity index (χ3v) is 6.14. The molecule has 7 nitrogen and oxygen atoms in total. The molecule has 0 bridgehead atoms. The molecule has 134 valence electrons. The van der Waals surface area contributed by atoms with Gasteiger partial charge in [-0.3, -0.25) is 4.90 Å². The molecule has 9 heteroatoms. The number of piperazine rings is 1. The van der Waals surface area contributed by atoms with Gasteiger partial charge >= 0.3 is 5.69 Å². The van der Waals surface area contributed by atoms with Crippen LogP contribution in [0.4, 0.5) is 15.9 Å². The van der Waals surface area contributed by atoms with Crippen molar-refractivity contribution in [3.05, 3.63) is 22.0 Å². The standard InChI is InChI=1S/C16H20FIN6O/c1-8-6-23-10(7-22(8)3)4-5-19-13-11-14(23)21-16(25)24(18)15(11)20-9(2)12(13)17/h8,10,19H,4-7H2,1-3H3. The van der Waals surface area contributed by atoms with Crippen molar-refractivity contribution >= 4 is 45.4 Å². The van der Waals surface area contributed by atoms with Crippen LogP contribution in [-0.2, 0) is 0 Å². The first-order chi connectivity index (χ1) is 11.9. The fourth-order valence-corrected chi connectivity index (χ4v) is 4.19. The molecule has 0 aliphatic carbocycles. The van der Waals surface area contributed by atoms with Crippen LogP contribution in [0.3, 0.4) is 0 Å². The quantitative estimate of drug-likeness (QED) is 0.608. The molecular weight excluding hydrogens is 438 g/mol. The predicted molar refractivity (Wildman–Crippen MR) is 104 cm³/mol. The van der Waals surface area contributed by atoms with Crippen LogP contribution in [0, 0.1) is 12.7 Å². The molecule has 4 heterocycles. The highest BCUT2D eigenvalue weighted by Crippen LogP contribution is 2.37. The molecule has 25 heavy (non-hydrogen) atoms. The van der Waals surface area contributed by atoms with Gasteiger partial charge < -0.3 is 10.2 Å². The van der Waals surface area contributed by atoms with Gasteiger partial charge in [-0.1, -0.05) is 0 Å². The lowest BCUT2D eigenvalue weighted by atomic mass is 10.0. The number of pyridine rings is 1. The Kier molecular flexibility index (Phi) is 4.10. The second kappa shape index (κ2) is 6.04. The Balaban J connectivity index is 2.05. The summed E-state index contributed by atoms with van der Waals surface area (Å²) in [7, 11) is 2.11. The monoisotopic (exact) mass is 458 g/mol. The largest absolute Gasteiger partial charge is 0.382 e. The average molecular weight is 458 g/mol. The Morgan fingerprint density at radius 1 is 1.32 bits per heavy atom. The van der Waals surface area contributed by atoms with E-state index in [1.54, 1.807) is 6.92 Å². The lowest BCUT2D eigenvalue weighted by molar-refractivity contribution is 0.196. The minimum Gasteiger partial charge on any atom is -0.382 e. The number of fused-ring (bicyclic) bond motifs is 2. The summed E-state index contributed by atoms with van der Waals surface area (Å²) < 4.78 is 16.2. The van der Waals surface area contributed by atoms with Gasteiger partial charge in [-0.2, -0.15) is 4.98 Å². The third kappa shape index (κ3) is 2.59. The summed E-state index contributed by atoms with van der Waals surface area (Å²) in [6, 6.07) is 0.556. The number of nitrogens with one attached hydrogen (secondary N) is 1. The minimum atomic E-state index is -0.376. The van der Waals surface area contributed by atoms with Crippen LogP contribution in [0.5, 0.6) is 0 Å². The van der Waals surface area contributed by atoms with Crippen LogP contribution in [0.1, 0.15) is 19.0 Å². The zero-order valence-electron chi connectivity index (χ0n) is 14.4. The summed E-state index contributed by atoms with van der Waals surface area (Å²) in [5.41, 5.74) is 0.768. The fourth-order valence-electron chi connectivity index (χ4n) is 3.73. The SMILES string of the molecule is Cc1nc2c3c(nc(=O)n2I)N2CC(C)N(C)CC2CCNc3c1F. The smallest absolute Gasteiger partial charge is 0.360 e. The molecule has 2 aromatic rings. The Morgan fingerprint density at radius 3 is 2.84 bits per heavy atom. The van der Waals surface area contributed by atoms with Crippen molar-refractivity contribution in [2.45, 2.75) is 32.4 Å². The van der Waals surface area contributed by atoms with Crippen molar-refractivity contribution < 1.29 is 4.39 Å². The summed E-state index contributed by atoms with van der Waals surface area (Å²) in [6.07, 6.45) is 0.855. The van der Waals surface area contributed by atoms with E-state index in [-0.39, 0.29) is 23.2 Å². The van der Waals surface area contributed by atoms with E-state index in [2.05, 4.69) is 39.1 Å². The van der Waals surface area contributed by atoms with E-state index in [1.807, 2.05) is 22.9 Å². The van der Waals surface area contributed by atoms with Crippen LogP contribution in [0.15, 0.2) is 4.79 Å². The first-order valence-corrected chi connectivity index (χ1v) is 9.34. The van der Waals surface area contributed by atoms with Crippen molar-refractivity contribution in [3.8, 4) is 0 Å². The average Bonchev–Trinajstić information content (AvgIpc) is 2.56. The maximum absolute atomic E-state index is 14.8. The van der Waals surface area contributed by atoms with Crippen molar-refractivity contribution in [3.63, 3.8) is 0 Å².